The van der Waals surface area contributed by atoms with Crippen LogP contribution in [0.1, 0.15) is 26.7 Å². The van der Waals surface area contributed by atoms with Crippen molar-refractivity contribution in [3.8, 4) is 0 Å². The standard InChI is InChI=1S/C10H22N2O2S/c1-9(2)12(3)15(13,14)8-10-4-6-11-7-5-10/h9-11H,4-8H2,1-3H3. The highest BCUT2D eigenvalue weighted by atomic mass is 32.2. The Kier molecular flexibility index (Phi) is 4.55. The molecular formula is C10H22N2O2S. The lowest BCUT2D eigenvalue weighted by atomic mass is 10.0. The SMILES string of the molecule is CC(C)N(C)S(=O)(=O)CC1CCNCC1. The summed E-state index contributed by atoms with van der Waals surface area (Å²) in [5.41, 5.74) is 0. The molecule has 1 aliphatic rings. The minimum atomic E-state index is -3.05. The number of hydrogen-bond acceptors (Lipinski definition) is 3. The van der Waals surface area contributed by atoms with Gasteiger partial charge < -0.3 is 5.32 Å². The van der Waals surface area contributed by atoms with Crippen molar-refractivity contribution >= 4 is 10.0 Å². The molecule has 0 aromatic carbocycles. The second kappa shape index (κ2) is 5.27. The number of sulfonamides is 1. The average Bonchev–Trinajstić information content (AvgIpc) is 2.17. The molecule has 1 saturated heterocycles. The summed E-state index contributed by atoms with van der Waals surface area (Å²) >= 11 is 0. The Morgan fingerprint density at radius 1 is 1.33 bits per heavy atom. The first kappa shape index (κ1) is 12.9. The molecule has 5 heteroatoms. The maximum absolute atomic E-state index is 11.9. The van der Waals surface area contributed by atoms with Crippen LogP contribution in [0.25, 0.3) is 0 Å². The molecule has 0 bridgehead atoms. The van der Waals surface area contributed by atoms with E-state index in [4.69, 9.17) is 0 Å². The summed E-state index contributed by atoms with van der Waals surface area (Å²) in [6, 6.07) is 0.0525. The summed E-state index contributed by atoms with van der Waals surface area (Å²) in [6.45, 7) is 5.71. The molecule has 15 heavy (non-hydrogen) atoms. The monoisotopic (exact) mass is 234 g/mol. The van der Waals surface area contributed by atoms with Crippen molar-refractivity contribution in [3.05, 3.63) is 0 Å². The van der Waals surface area contributed by atoms with Crippen LogP contribution in [0.15, 0.2) is 0 Å². The van der Waals surface area contributed by atoms with E-state index in [9.17, 15) is 8.42 Å². The summed E-state index contributed by atoms with van der Waals surface area (Å²) in [5, 5.41) is 3.24. The molecule has 0 atom stereocenters. The number of nitrogens with zero attached hydrogens (tertiary/aromatic N) is 1. The van der Waals surface area contributed by atoms with Gasteiger partial charge in [-0.1, -0.05) is 0 Å². The van der Waals surface area contributed by atoms with Gasteiger partial charge in [0, 0.05) is 13.1 Å². The highest BCUT2D eigenvalue weighted by molar-refractivity contribution is 7.89. The van der Waals surface area contributed by atoms with Crippen molar-refractivity contribution in [2.24, 2.45) is 5.92 Å². The fourth-order valence-electron chi connectivity index (χ4n) is 1.79. The van der Waals surface area contributed by atoms with E-state index in [1.54, 1.807) is 7.05 Å². The summed E-state index contributed by atoms with van der Waals surface area (Å²) in [4.78, 5) is 0. The molecule has 0 radical (unpaired) electrons. The lowest BCUT2D eigenvalue weighted by Gasteiger charge is -2.26. The molecular weight excluding hydrogens is 212 g/mol. The van der Waals surface area contributed by atoms with Gasteiger partial charge in [-0.25, -0.2) is 12.7 Å². The second-order valence-electron chi connectivity index (χ2n) is 4.58. The molecule has 0 amide bonds. The topological polar surface area (TPSA) is 49.4 Å². The van der Waals surface area contributed by atoms with Crippen molar-refractivity contribution in [3.63, 3.8) is 0 Å². The maximum Gasteiger partial charge on any atom is 0.214 e. The summed E-state index contributed by atoms with van der Waals surface area (Å²) < 4.78 is 25.4. The first-order chi connectivity index (χ1) is 6.93. The van der Waals surface area contributed by atoms with Crippen LogP contribution in [0, 0.1) is 5.92 Å². The minimum Gasteiger partial charge on any atom is -0.317 e. The number of rotatable bonds is 4. The van der Waals surface area contributed by atoms with E-state index >= 15 is 0 Å². The first-order valence-electron chi connectivity index (χ1n) is 5.60. The van der Waals surface area contributed by atoms with E-state index in [2.05, 4.69) is 5.32 Å². The van der Waals surface area contributed by atoms with Gasteiger partial charge in [-0.3, -0.25) is 0 Å². The third-order valence-electron chi connectivity index (χ3n) is 3.07. The Balaban J connectivity index is 2.55. The van der Waals surface area contributed by atoms with Gasteiger partial charge in [0.1, 0.15) is 0 Å². The van der Waals surface area contributed by atoms with Crippen molar-refractivity contribution in [1.29, 1.82) is 0 Å². The smallest absolute Gasteiger partial charge is 0.214 e. The van der Waals surface area contributed by atoms with Crippen molar-refractivity contribution < 1.29 is 8.42 Å². The van der Waals surface area contributed by atoms with Crippen LogP contribution in [0.2, 0.25) is 0 Å². The summed E-state index contributed by atoms with van der Waals surface area (Å²) in [6.07, 6.45) is 1.95. The van der Waals surface area contributed by atoms with Crippen LogP contribution in [0.3, 0.4) is 0 Å². The minimum absolute atomic E-state index is 0.0525. The third-order valence-corrected chi connectivity index (χ3v) is 5.26. The van der Waals surface area contributed by atoms with Crippen LogP contribution in [0.5, 0.6) is 0 Å². The number of hydrogen-bond donors (Lipinski definition) is 1. The van der Waals surface area contributed by atoms with Gasteiger partial charge in [0.25, 0.3) is 0 Å². The van der Waals surface area contributed by atoms with E-state index in [1.165, 1.54) is 4.31 Å². The van der Waals surface area contributed by atoms with E-state index in [0.717, 1.165) is 25.9 Å². The van der Waals surface area contributed by atoms with E-state index < -0.39 is 10.0 Å². The third kappa shape index (κ3) is 3.74. The Labute approximate surface area is 93.1 Å². The van der Waals surface area contributed by atoms with E-state index in [-0.39, 0.29) is 6.04 Å². The molecule has 0 unspecified atom stereocenters. The Morgan fingerprint density at radius 2 is 1.87 bits per heavy atom. The van der Waals surface area contributed by atoms with Crippen molar-refractivity contribution in [2.75, 3.05) is 25.9 Å². The number of nitrogens with one attached hydrogen (secondary N) is 1. The lowest BCUT2D eigenvalue weighted by Crippen LogP contribution is -2.39. The molecule has 1 rings (SSSR count). The van der Waals surface area contributed by atoms with Gasteiger partial charge in [0.2, 0.25) is 10.0 Å². The molecule has 0 aromatic heterocycles. The largest absolute Gasteiger partial charge is 0.317 e. The van der Waals surface area contributed by atoms with Gasteiger partial charge in [-0.05, 0) is 45.7 Å². The second-order valence-corrected chi connectivity index (χ2v) is 6.66. The molecule has 1 N–H and O–H groups in total. The first-order valence-corrected chi connectivity index (χ1v) is 7.21. The van der Waals surface area contributed by atoms with Crippen molar-refractivity contribution in [1.82, 2.24) is 9.62 Å². The zero-order chi connectivity index (χ0) is 11.5. The molecule has 4 nitrogen and oxygen atoms in total. The van der Waals surface area contributed by atoms with E-state index in [1.807, 2.05) is 13.8 Å². The van der Waals surface area contributed by atoms with Gasteiger partial charge in [0.15, 0.2) is 0 Å². The summed E-state index contributed by atoms with van der Waals surface area (Å²) in [7, 11) is -1.39. The van der Waals surface area contributed by atoms with Gasteiger partial charge >= 0.3 is 0 Å². The highest BCUT2D eigenvalue weighted by Crippen LogP contribution is 2.16. The normalized spacial score (nSPS) is 20.1. The fourth-order valence-corrected chi connectivity index (χ4v) is 3.59. The van der Waals surface area contributed by atoms with Gasteiger partial charge in [-0.15, -0.1) is 0 Å². The van der Waals surface area contributed by atoms with Gasteiger partial charge in [-0.2, -0.15) is 0 Å². The average molecular weight is 234 g/mol. The van der Waals surface area contributed by atoms with Crippen LogP contribution in [-0.2, 0) is 10.0 Å². The van der Waals surface area contributed by atoms with Crippen molar-refractivity contribution in [2.45, 2.75) is 32.7 Å². The zero-order valence-corrected chi connectivity index (χ0v) is 10.7. The predicted octanol–water partition coefficient (Wildman–Crippen LogP) is 0.656. The van der Waals surface area contributed by atoms with E-state index in [0.29, 0.717) is 11.7 Å². The molecule has 0 aromatic rings. The Hall–Kier alpha value is -0.130. The lowest BCUT2D eigenvalue weighted by molar-refractivity contribution is 0.374. The highest BCUT2D eigenvalue weighted by Gasteiger charge is 2.25. The quantitative estimate of drug-likeness (QED) is 0.777. The predicted molar refractivity (Wildman–Crippen MR) is 62.3 cm³/mol. The molecule has 0 spiro atoms. The van der Waals surface area contributed by atoms with Crippen LogP contribution >= 0.6 is 0 Å². The molecule has 1 fully saturated rings. The maximum atomic E-state index is 11.9. The molecule has 90 valence electrons. The molecule has 0 aliphatic carbocycles. The Bertz CT molecular complexity index is 282. The molecule has 1 aliphatic heterocycles. The Morgan fingerprint density at radius 3 is 2.33 bits per heavy atom. The zero-order valence-electron chi connectivity index (χ0n) is 9.86. The van der Waals surface area contributed by atoms with Crippen LogP contribution in [-0.4, -0.2) is 44.7 Å². The fraction of sp³-hybridized carbons (Fsp3) is 1.00. The van der Waals surface area contributed by atoms with Crippen LogP contribution in [0.4, 0.5) is 0 Å². The van der Waals surface area contributed by atoms with Crippen LogP contribution < -0.4 is 5.32 Å². The number of piperidine rings is 1. The molecule has 0 saturated carbocycles. The molecule has 1 heterocycles. The van der Waals surface area contributed by atoms with Gasteiger partial charge in [0.05, 0.1) is 5.75 Å². The summed E-state index contributed by atoms with van der Waals surface area (Å²) in [5.74, 6) is 0.640.